The van der Waals surface area contributed by atoms with Gasteiger partial charge < -0.3 is 10.1 Å². The molecule has 126 valence electrons. The van der Waals surface area contributed by atoms with Crippen molar-refractivity contribution in [3.05, 3.63) is 47.2 Å². The highest BCUT2D eigenvalue weighted by Gasteiger charge is 2.24. The Morgan fingerprint density at radius 1 is 1.30 bits per heavy atom. The highest BCUT2D eigenvalue weighted by atomic mass is 35.5. The highest BCUT2D eigenvalue weighted by molar-refractivity contribution is 5.85. The lowest BCUT2D eigenvalue weighted by atomic mass is 10.2. The van der Waals surface area contributed by atoms with Gasteiger partial charge in [0.05, 0.1) is 5.69 Å². The van der Waals surface area contributed by atoms with Crippen molar-refractivity contribution in [1.82, 2.24) is 15.1 Å². The summed E-state index contributed by atoms with van der Waals surface area (Å²) in [5.41, 5.74) is 1.08. The molecule has 1 N–H and O–H groups in total. The van der Waals surface area contributed by atoms with Crippen LogP contribution in [0.25, 0.3) is 0 Å². The zero-order chi connectivity index (χ0) is 15.5. The molecule has 1 aliphatic rings. The van der Waals surface area contributed by atoms with Gasteiger partial charge in [-0.15, -0.1) is 12.4 Å². The van der Waals surface area contributed by atoms with E-state index in [2.05, 4.69) is 10.4 Å². The zero-order valence-corrected chi connectivity index (χ0v) is 13.7. The first-order chi connectivity index (χ1) is 10.7. The fourth-order valence-corrected chi connectivity index (χ4v) is 2.32. The smallest absolute Gasteiger partial charge is 0.212 e. The molecule has 23 heavy (non-hydrogen) atoms. The lowest BCUT2D eigenvalue weighted by Gasteiger charge is -2.09. The van der Waals surface area contributed by atoms with Crippen LogP contribution in [0.3, 0.4) is 0 Å². The molecule has 0 spiro atoms. The summed E-state index contributed by atoms with van der Waals surface area (Å²) in [6.07, 6.45) is 2.42. The van der Waals surface area contributed by atoms with E-state index in [4.69, 9.17) is 4.74 Å². The summed E-state index contributed by atoms with van der Waals surface area (Å²) in [6, 6.07) is 5.21. The Bertz CT molecular complexity index is 659. The molecule has 1 aliphatic carbocycles. The van der Waals surface area contributed by atoms with E-state index < -0.39 is 11.6 Å². The van der Waals surface area contributed by atoms with Crippen LogP contribution < -0.4 is 10.1 Å². The average Bonchev–Trinajstić information content (AvgIpc) is 3.22. The van der Waals surface area contributed by atoms with Crippen LogP contribution >= 0.6 is 12.4 Å². The van der Waals surface area contributed by atoms with E-state index in [0.717, 1.165) is 30.4 Å². The summed E-state index contributed by atoms with van der Waals surface area (Å²) in [7, 11) is 1.85. The molecular formula is C16H20ClF2N3O. The number of aromatic nitrogens is 2. The van der Waals surface area contributed by atoms with Crippen LogP contribution in [-0.2, 0) is 19.7 Å². The van der Waals surface area contributed by atoms with Crippen LogP contribution in [0.15, 0.2) is 24.3 Å². The second-order valence-electron chi connectivity index (χ2n) is 5.65. The van der Waals surface area contributed by atoms with Crippen molar-refractivity contribution < 1.29 is 13.5 Å². The number of nitrogens with one attached hydrogen (secondary N) is 1. The maximum absolute atomic E-state index is 13.6. The second kappa shape index (κ2) is 7.75. The standard InChI is InChI=1S/C16H19F2N3O.ClH/c1-19-8-14-7-16(21(20-14)9-11-2-3-11)22-10-12-6-13(17)4-5-15(12)18;/h4-7,11,19H,2-3,8-10H2,1H3;1H. The van der Waals surface area contributed by atoms with Gasteiger partial charge in [-0.2, -0.15) is 5.10 Å². The molecule has 2 aromatic rings. The van der Waals surface area contributed by atoms with Crippen molar-refractivity contribution >= 4 is 12.4 Å². The Morgan fingerprint density at radius 3 is 2.78 bits per heavy atom. The summed E-state index contributed by atoms with van der Waals surface area (Å²) in [5, 5.41) is 7.54. The Labute approximate surface area is 140 Å². The molecule has 0 bridgehead atoms. The predicted octanol–water partition coefficient (Wildman–Crippen LogP) is 3.29. The van der Waals surface area contributed by atoms with Crippen molar-refractivity contribution in [3.8, 4) is 5.88 Å². The molecule has 0 aliphatic heterocycles. The zero-order valence-electron chi connectivity index (χ0n) is 12.9. The van der Waals surface area contributed by atoms with Crippen molar-refractivity contribution in [2.75, 3.05) is 7.05 Å². The van der Waals surface area contributed by atoms with Crippen molar-refractivity contribution in [1.29, 1.82) is 0 Å². The van der Waals surface area contributed by atoms with Crippen molar-refractivity contribution in [2.45, 2.75) is 32.5 Å². The van der Waals surface area contributed by atoms with Gasteiger partial charge in [0.15, 0.2) is 0 Å². The van der Waals surface area contributed by atoms with Gasteiger partial charge in [-0.1, -0.05) is 0 Å². The second-order valence-corrected chi connectivity index (χ2v) is 5.65. The van der Waals surface area contributed by atoms with Gasteiger partial charge >= 0.3 is 0 Å². The fourth-order valence-electron chi connectivity index (χ4n) is 2.32. The predicted molar refractivity (Wildman–Crippen MR) is 85.7 cm³/mol. The van der Waals surface area contributed by atoms with E-state index in [9.17, 15) is 8.78 Å². The molecule has 1 aromatic carbocycles. The first kappa shape index (κ1) is 17.7. The molecule has 0 atom stereocenters. The van der Waals surface area contributed by atoms with Crippen molar-refractivity contribution in [2.24, 2.45) is 5.92 Å². The Hall–Kier alpha value is -1.66. The summed E-state index contributed by atoms with van der Waals surface area (Å²) >= 11 is 0. The third kappa shape index (κ3) is 4.65. The summed E-state index contributed by atoms with van der Waals surface area (Å²) in [5.74, 6) is 0.309. The van der Waals surface area contributed by atoms with E-state index in [1.165, 1.54) is 12.8 Å². The molecule has 1 saturated carbocycles. The quantitative estimate of drug-likeness (QED) is 0.838. The van der Waals surface area contributed by atoms with E-state index in [1.807, 2.05) is 17.8 Å². The lowest BCUT2D eigenvalue weighted by Crippen LogP contribution is -2.09. The molecule has 7 heteroatoms. The molecule has 0 saturated heterocycles. The molecule has 0 amide bonds. The van der Waals surface area contributed by atoms with Crippen LogP contribution in [0.5, 0.6) is 5.88 Å². The average molecular weight is 344 g/mol. The number of rotatable bonds is 7. The first-order valence-corrected chi connectivity index (χ1v) is 7.43. The SMILES string of the molecule is CNCc1cc(OCc2cc(F)ccc2F)n(CC2CC2)n1.Cl. The maximum Gasteiger partial charge on any atom is 0.212 e. The largest absolute Gasteiger partial charge is 0.473 e. The number of halogens is 3. The third-order valence-corrected chi connectivity index (χ3v) is 3.66. The third-order valence-electron chi connectivity index (χ3n) is 3.66. The number of ether oxygens (including phenoxy) is 1. The van der Waals surface area contributed by atoms with Gasteiger partial charge in [0.1, 0.15) is 18.2 Å². The van der Waals surface area contributed by atoms with E-state index >= 15 is 0 Å². The molecule has 0 unspecified atom stereocenters. The van der Waals surface area contributed by atoms with Gasteiger partial charge in [-0.05, 0) is 44.0 Å². The normalized spacial score (nSPS) is 13.7. The number of hydrogen-bond donors (Lipinski definition) is 1. The van der Waals surface area contributed by atoms with Crippen LogP contribution in [0.2, 0.25) is 0 Å². The molecule has 1 aromatic heterocycles. The number of hydrogen-bond acceptors (Lipinski definition) is 3. The van der Waals surface area contributed by atoms with Gasteiger partial charge in [-0.25, -0.2) is 13.5 Å². The maximum atomic E-state index is 13.6. The minimum absolute atomic E-state index is 0. The Morgan fingerprint density at radius 2 is 2.09 bits per heavy atom. The molecular weight excluding hydrogens is 324 g/mol. The number of nitrogens with zero attached hydrogens (tertiary/aromatic N) is 2. The monoisotopic (exact) mass is 343 g/mol. The van der Waals surface area contributed by atoms with Crippen molar-refractivity contribution in [3.63, 3.8) is 0 Å². The minimum atomic E-state index is -0.470. The van der Waals surface area contributed by atoms with Crippen LogP contribution in [-0.4, -0.2) is 16.8 Å². The van der Waals surface area contributed by atoms with Crippen LogP contribution in [0, 0.1) is 17.6 Å². The van der Waals surface area contributed by atoms with E-state index in [1.54, 1.807) is 0 Å². The van der Waals surface area contributed by atoms with E-state index in [-0.39, 0.29) is 24.6 Å². The highest BCUT2D eigenvalue weighted by Crippen LogP contribution is 2.32. The topological polar surface area (TPSA) is 39.1 Å². The summed E-state index contributed by atoms with van der Waals surface area (Å²) in [4.78, 5) is 0. The van der Waals surface area contributed by atoms with Gasteiger partial charge in [0.2, 0.25) is 5.88 Å². The lowest BCUT2D eigenvalue weighted by molar-refractivity contribution is 0.264. The molecule has 1 heterocycles. The van der Waals surface area contributed by atoms with Gasteiger partial charge in [0, 0.05) is 24.7 Å². The van der Waals surface area contributed by atoms with Gasteiger partial charge in [-0.3, -0.25) is 0 Å². The fraction of sp³-hybridized carbons (Fsp3) is 0.438. The summed E-state index contributed by atoms with van der Waals surface area (Å²) < 4.78 is 34.3. The van der Waals surface area contributed by atoms with E-state index in [0.29, 0.717) is 18.3 Å². The van der Waals surface area contributed by atoms with Crippen LogP contribution in [0.4, 0.5) is 8.78 Å². The van der Waals surface area contributed by atoms with Gasteiger partial charge in [0.25, 0.3) is 0 Å². The summed E-state index contributed by atoms with van der Waals surface area (Å²) in [6.45, 7) is 1.44. The van der Waals surface area contributed by atoms with Crippen LogP contribution in [0.1, 0.15) is 24.1 Å². The molecule has 3 rings (SSSR count). The molecule has 1 fully saturated rings. The first-order valence-electron chi connectivity index (χ1n) is 7.43. The Balaban J connectivity index is 0.00000192. The number of benzene rings is 1. The minimum Gasteiger partial charge on any atom is -0.473 e. The molecule has 4 nitrogen and oxygen atoms in total. The molecule has 0 radical (unpaired) electrons. The Kier molecular flexibility index (Phi) is 5.96.